The van der Waals surface area contributed by atoms with Gasteiger partial charge >= 0.3 is 0 Å². The fraction of sp³-hybridized carbons (Fsp3) is 0.214. The molecule has 2 aromatic rings. The summed E-state index contributed by atoms with van der Waals surface area (Å²) in [5, 5.41) is 0.891. The number of hydrogen-bond donors (Lipinski definition) is 0. The molecule has 0 fully saturated rings. The Bertz CT molecular complexity index is 632. The molecule has 0 amide bonds. The number of benzene rings is 1. The summed E-state index contributed by atoms with van der Waals surface area (Å²) in [5.74, 6) is 0.642. The fourth-order valence-electron chi connectivity index (χ4n) is 1.83. The summed E-state index contributed by atoms with van der Waals surface area (Å²) < 4.78 is 5.21. The van der Waals surface area contributed by atoms with Crippen LogP contribution < -0.4 is 4.74 Å². The lowest BCUT2D eigenvalue weighted by molar-refractivity contribution is -0.117. The van der Waals surface area contributed by atoms with Crippen LogP contribution in [0.2, 0.25) is 10.2 Å². The summed E-state index contributed by atoms with van der Waals surface area (Å²) in [6, 6.07) is 6.77. The van der Waals surface area contributed by atoms with Crippen molar-refractivity contribution >= 4 is 29.0 Å². The van der Waals surface area contributed by atoms with E-state index in [4.69, 9.17) is 27.9 Å². The van der Waals surface area contributed by atoms with Crippen LogP contribution in [-0.4, -0.2) is 22.9 Å². The molecule has 0 N–H and O–H groups in total. The van der Waals surface area contributed by atoms with Gasteiger partial charge in [0.1, 0.15) is 23.0 Å². The number of hydrogen-bond acceptors (Lipinski definition) is 4. The number of carbonyl (C=O) groups excluding carboxylic acids is 1. The number of Topliss-reactive ketones (excluding diaryl/α,β-unsaturated/α-hetero) is 1. The van der Waals surface area contributed by atoms with Gasteiger partial charge in [-0.3, -0.25) is 4.79 Å². The zero-order valence-electron chi connectivity index (χ0n) is 10.8. The number of nitrogens with zero attached hydrogens (tertiary/aromatic N) is 2. The Morgan fingerprint density at radius 1 is 1.20 bits per heavy atom. The third-order valence-corrected chi connectivity index (χ3v) is 3.14. The highest BCUT2D eigenvalue weighted by Crippen LogP contribution is 2.23. The van der Waals surface area contributed by atoms with Gasteiger partial charge in [-0.1, -0.05) is 23.2 Å². The van der Waals surface area contributed by atoms with Crippen molar-refractivity contribution in [1.29, 1.82) is 0 Å². The van der Waals surface area contributed by atoms with E-state index >= 15 is 0 Å². The summed E-state index contributed by atoms with van der Waals surface area (Å²) in [7, 11) is 1.56. The normalized spacial score (nSPS) is 10.3. The van der Waals surface area contributed by atoms with Crippen molar-refractivity contribution in [2.45, 2.75) is 12.8 Å². The van der Waals surface area contributed by atoms with Gasteiger partial charge in [-0.15, -0.1) is 0 Å². The summed E-state index contributed by atoms with van der Waals surface area (Å²) >= 11 is 11.7. The molecule has 2 rings (SSSR count). The van der Waals surface area contributed by atoms with E-state index in [1.165, 1.54) is 6.33 Å². The minimum absolute atomic E-state index is 0.000309. The first-order valence-electron chi connectivity index (χ1n) is 5.89. The summed E-state index contributed by atoms with van der Waals surface area (Å²) in [5.41, 5.74) is 1.35. The lowest BCUT2D eigenvalue weighted by Gasteiger charge is -2.08. The van der Waals surface area contributed by atoms with E-state index in [9.17, 15) is 4.79 Å². The van der Waals surface area contributed by atoms with Crippen LogP contribution in [0.1, 0.15) is 11.3 Å². The summed E-state index contributed by atoms with van der Waals surface area (Å²) in [6.45, 7) is 0. The van der Waals surface area contributed by atoms with Crippen LogP contribution in [0.3, 0.4) is 0 Å². The number of ether oxygens (including phenoxy) is 1. The Balaban J connectivity index is 2.10. The smallest absolute Gasteiger partial charge is 0.143 e. The molecule has 0 saturated heterocycles. The average molecular weight is 311 g/mol. The van der Waals surface area contributed by atoms with Gasteiger partial charge in [0.05, 0.1) is 12.8 Å². The van der Waals surface area contributed by atoms with Gasteiger partial charge in [0.15, 0.2) is 0 Å². The zero-order chi connectivity index (χ0) is 14.5. The van der Waals surface area contributed by atoms with Gasteiger partial charge in [-0.2, -0.15) is 0 Å². The molecule has 0 aliphatic carbocycles. The van der Waals surface area contributed by atoms with E-state index in [0.29, 0.717) is 21.6 Å². The largest absolute Gasteiger partial charge is 0.496 e. The van der Waals surface area contributed by atoms with E-state index in [1.54, 1.807) is 31.4 Å². The van der Waals surface area contributed by atoms with Gasteiger partial charge in [0.25, 0.3) is 0 Å². The minimum Gasteiger partial charge on any atom is -0.496 e. The van der Waals surface area contributed by atoms with Crippen LogP contribution >= 0.6 is 23.2 Å². The molecule has 1 heterocycles. The second-order valence-corrected chi connectivity index (χ2v) is 5.00. The van der Waals surface area contributed by atoms with Crippen molar-refractivity contribution < 1.29 is 9.53 Å². The quantitative estimate of drug-likeness (QED) is 0.796. The Labute approximate surface area is 126 Å². The molecule has 0 spiro atoms. The van der Waals surface area contributed by atoms with Crippen molar-refractivity contribution in [2.75, 3.05) is 7.11 Å². The zero-order valence-corrected chi connectivity index (χ0v) is 12.3. The number of aromatic nitrogens is 2. The van der Waals surface area contributed by atoms with Crippen LogP contribution in [0.5, 0.6) is 5.75 Å². The number of rotatable bonds is 5. The molecular weight excluding hydrogens is 299 g/mol. The van der Waals surface area contributed by atoms with E-state index in [0.717, 1.165) is 5.56 Å². The molecule has 104 valence electrons. The first kappa shape index (κ1) is 14.8. The molecule has 0 saturated carbocycles. The van der Waals surface area contributed by atoms with Crippen LogP contribution in [-0.2, 0) is 17.6 Å². The SMILES string of the molecule is COc1ccc(Cl)cc1CC(=O)Cc1cc(Cl)ncn1. The third-order valence-electron chi connectivity index (χ3n) is 2.70. The maximum atomic E-state index is 12.1. The highest BCUT2D eigenvalue weighted by molar-refractivity contribution is 6.30. The number of carbonyl (C=O) groups is 1. The predicted octanol–water partition coefficient (Wildman–Crippen LogP) is 3.15. The molecule has 1 aromatic carbocycles. The molecule has 20 heavy (non-hydrogen) atoms. The summed E-state index contributed by atoms with van der Waals surface area (Å²) in [4.78, 5) is 19.9. The monoisotopic (exact) mass is 310 g/mol. The molecule has 4 nitrogen and oxygen atoms in total. The highest BCUT2D eigenvalue weighted by atomic mass is 35.5. The fourth-order valence-corrected chi connectivity index (χ4v) is 2.19. The van der Waals surface area contributed by atoms with Crippen LogP contribution in [0.25, 0.3) is 0 Å². The van der Waals surface area contributed by atoms with E-state index < -0.39 is 0 Å². The maximum absolute atomic E-state index is 12.1. The average Bonchev–Trinajstić information content (AvgIpc) is 2.38. The number of halogens is 2. The molecular formula is C14H12Cl2N2O2. The molecule has 0 bridgehead atoms. The predicted molar refractivity (Wildman–Crippen MR) is 77.5 cm³/mol. The second kappa shape index (κ2) is 6.68. The van der Waals surface area contributed by atoms with E-state index in [-0.39, 0.29) is 18.6 Å². The van der Waals surface area contributed by atoms with E-state index in [1.807, 2.05) is 0 Å². The van der Waals surface area contributed by atoms with Crippen molar-refractivity contribution in [1.82, 2.24) is 9.97 Å². The molecule has 6 heteroatoms. The molecule has 0 aliphatic heterocycles. The van der Waals surface area contributed by atoms with Crippen molar-refractivity contribution in [3.05, 3.63) is 52.0 Å². The lowest BCUT2D eigenvalue weighted by atomic mass is 10.0. The van der Waals surface area contributed by atoms with Crippen molar-refractivity contribution in [2.24, 2.45) is 0 Å². The van der Waals surface area contributed by atoms with Crippen molar-refractivity contribution in [3.8, 4) is 5.75 Å². The van der Waals surface area contributed by atoms with Gasteiger partial charge < -0.3 is 4.74 Å². The number of ketones is 1. The summed E-state index contributed by atoms with van der Waals surface area (Å²) in [6.07, 6.45) is 1.76. The first-order valence-corrected chi connectivity index (χ1v) is 6.64. The van der Waals surface area contributed by atoms with Gasteiger partial charge in [-0.25, -0.2) is 9.97 Å². The minimum atomic E-state index is 0.000309. The Hall–Kier alpha value is -1.65. The second-order valence-electron chi connectivity index (χ2n) is 4.18. The lowest BCUT2D eigenvalue weighted by Crippen LogP contribution is -2.09. The highest BCUT2D eigenvalue weighted by Gasteiger charge is 2.11. The first-order chi connectivity index (χ1) is 9.58. The van der Waals surface area contributed by atoms with Crippen molar-refractivity contribution in [3.63, 3.8) is 0 Å². The Morgan fingerprint density at radius 3 is 2.70 bits per heavy atom. The standard InChI is InChI=1S/C14H12Cl2N2O2/c1-20-13-3-2-10(15)4-9(13)5-12(19)6-11-7-14(16)18-8-17-11/h2-4,7-8H,5-6H2,1H3. The molecule has 0 unspecified atom stereocenters. The molecule has 0 aliphatic rings. The maximum Gasteiger partial charge on any atom is 0.143 e. The number of methoxy groups -OCH3 is 1. The van der Waals surface area contributed by atoms with E-state index in [2.05, 4.69) is 9.97 Å². The van der Waals surface area contributed by atoms with Gasteiger partial charge in [0.2, 0.25) is 0 Å². The van der Waals surface area contributed by atoms with Crippen LogP contribution in [0.15, 0.2) is 30.6 Å². The van der Waals surface area contributed by atoms with Gasteiger partial charge in [-0.05, 0) is 24.3 Å². The molecule has 1 aromatic heterocycles. The molecule has 0 radical (unpaired) electrons. The van der Waals surface area contributed by atoms with Crippen LogP contribution in [0, 0.1) is 0 Å². The van der Waals surface area contributed by atoms with Crippen LogP contribution in [0.4, 0.5) is 0 Å². The Kier molecular flexibility index (Phi) is 4.93. The van der Waals surface area contributed by atoms with Gasteiger partial charge in [0, 0.05) is 23.4 Å². The topological polar surface area (TPSA) is 52.1 Å². The Morgan fingerprint density at radius 2 is 2.00 bits per heavy atom. The third kappa shape index (κ3) is 3.92. The molecule has 0 atom stereocenters.